The Hall–Kier alpha value is -1.31. The Kier molecular flexibility index (Phi) is 16.3. The van der Waals surface area contributed by atoms with E-state index in [4.69, 9.17) is 4.74 Å². The number of carbonyl (C=O) groups is 1. The lowest BCUT2D eigenvalue weighted by Gasteiger charge is -2.29. The third kappa shape index (κ3) is 15.2. The molecule has 0 radical (unpaired) electrons. The average molecular weight is 431 g/mol. The van der Waals surface area contributed by atoms with E-state index < -0.39 is 0 Å². The van der Waals surface area contributed by atoms with E-state index >= 15 is 0 Å². The van der Waals surface area contributed by atoms with Gasteiger partial charge in [-0.2, -0.15) is 0 Å². The van der Waals surface area contributed by atoms with Gasteiger partial charge in [-0.25, -0.2) is 0 Å². The molecule has 1 atom stereocenters. The molecule has 0 bridgehead atoms. The van der Waals surface area contributed by atoms with Gasteiger partial charge in [0.2, 0.25) is 0 Å². The van der Waals surface area contributed by atoms with Crippen LogP contribution < -0.4 is 0 Å². The molecule has 0 saturated carbocycles. The van der Waals surface area contributed by atoms with Crippen LogP contribution in [0.15, 0.2) is 30.3 Å². The zero-order valence-electron chi connectivity index (χ0n) is 20.9. The van der Waals surface area contributed by atoms with Crippen molar-refractivity contribution < 1.29 is 9.53 Å². The Morgan fingerprint density at radius 3 is 1.94 bits per heavy atom. The zero-order chi connectivity index (χ0) is 22.6. The summed E-state index contributed by atoms with van der Waals surface area (Å²) in [5, 5.41) is 0. The molecule has 0 aromatic heterocycles. The van der Waals surface area contributed by atoms with Gasteiger partial charge in [0.15, 0.2) is 0 Å². The third-order valence-corrected chi connectivity index (χ3v) is 6.54. The maximum absolute atomic E-state index is 12.3. The third-order valence-electron chi connectivity index (χ3n) is 6.54. The van der Waals surface area contributed by atoms with E-state index in [0.29, 0.717) is 13.0 Å². The van der Waals surface area contributed by atoms with E-state index in [1.807, 2.05) is 0 Å². The summed E-state index contributed by atoms with van der Waals surface area (Å²) >= 11 is 0. The molecule has 2 heteroatoms. The number of hydrogen-bond acceptors (Lipinski definition) is 2. The summed E-state index contributed by atoms with van der Waals surface area (Å²) in [5.74, 6) is 0.00226. The van der Waals surface area contributed by atoms with E-state index in [-0.39, 0.29) is 11.4 Å². The van der Waals surface area contributed by atoms with Gasteiger partial charge >= 0.3 is 5.97 Å². The van der Waals surface area contributed by atoms with Gasteiger partial charge in [-0.3, -0.25) is 4.79 Å². The van der Waals surface area contributed by atoms with Gasteiger partial charge < -0.3 is 4.74 Å². The van der Waals surface area contributed by atoms with Crippen LogP contribution in [-0.4, -0.2) is 12.6 Å². The lowest BCUT2D eigenvalue weighted by molar-refractivity contribution is -0.147. The number of unbranched alkanes of at least 4 members (excludes halogenated alkanes) is 10. The highest BCUT2D eigenvalue weighted by atomic mass is 16.5. The molecule has 1 unspecified atom stereocenters. The number of rotatable bonds is 20. The standard InChI is InChI=1S/C29H50O2/c1-4-6-8-10-11-19-25-29(3,24-18-9-7-5-2)26-31-28(30)23-17-13-16-22-27-20-14-12-15-21-27/h12,14-15,20-21H,4-11,13,16-19,22-26H2,1-3H3. The predicted octanol–water partition coefficient (Wildman–Crippen LogP) is 9.06. The molecule has 0 heterocycles. The number of esters is 1. The maximum Gasteiger partial charge on any atom is 0.305 e. The van der Waals surface area contributed by atoms with E-state index in [1.54, 1.807) is 0 Å². The van der Waals surface area contributed by atoms with Crippen molar-refractivity contribution in [2.24, 2.45) is 5.41 Å². The molecule has 178 valence electrons. The lowest BCUT2D eigenvalue weighted by atomic mass is 9.80. The van der Waals surface area contributed by atoms with Crippen molar-refractivity contribution in [2.45, 2.75) is 130 Å². The molecule has 0 N–H and O–H groups in total. The molecule has 2 nitrogen and oxygen atoms in total. The van der Waals surface area contributed by atoms with Crippen LogP contribution in [0.5, 0.6) is 0 Å². The molecular formula is C29H50O2. The van der Waals surface area contributed by atoms with Crippen LogP contribution in [0.3, 0.4) is 0 Å². The summed E-state index contributed by atoms with van der Waals surface area (Å²) in [4.78, 5) is 12.3. The first-order valence-electron chi connectivity index (χ1n) is 13.3. The summed E-state index contributed by atoms with van der Waals surface area (Å²) in [6.45, 7) is 7.48. The Morgan fingerprint density at radius 1 is 0.742 bits per heavy atom. The average Bonchev–Trinajstić information content (AvgIpc) is 2.78. The molecule has 0 amide bonds. The molecule has 31 heavy (non-hydrogen) atoms. The van der Waals surface area contributed by atoms with Crippen molar-refractivity contribution in [1.29, 1.82) is 0 Å². The predicted molar refractivity (Wildman–Crippen MR) is 134 cm³/mol. The van der Waals surface area contributed by atoms with Gasteiger partial charge in [0, 0.05) is 11.8 Å². The first-order valence-corrected chi connectivity index (χ1v) is 13.3. The number of hydrogen-bond donors (Lipinski definition) is 0. The van der Waals surface area contributed by atoms with Gasteiger partial charge in [0.05, 0.1) is 6.61 Å². The SMILES string of the molecule is CCCCCCCCC(C)(CCCCCC)COC(=O)CCCCCc1ccccc1. The van der Waals surface area contributed by atoms with E-state index in [0.717, 1.165) is 25.7 Å². The lowest BCUT2D eigenvalue weighted by Crippen LogP contribution is -2.25. The maximum atomic E-state index is 12.3. The minimum atomic E-state index is 0.00226. The number of aryl methyl sites for hydroxylation is 1. The second kappa shape index (κ2) is 18.3. The molecular weight excluding hydrogens is 380 g/mol. The Bertz CT molecular complexity index is 539. The molecule has 0 spiro atoms. The Labute approximate surface area is 193 Å². The first kappa shape index (κ1) is 27.7. The largest absolute Gasteiger partial charge is 0.465 e. The molecule has 0 saturated heterocycles. The normalized spacial score (nSPS) is 13.1. The number of benzene rings is 1. The van der Waals surface area contributed by atoms with Crippen molar-refractivity contribution in [1.82, 2.24) is 0 Å². The van der Waals surface area contributed by atoms with Crippen molar-refractivity contribution >= 4 is 5.97 Å². The van der Waals surface area contributed by atoms with E-state index in [2.05, 4.69) is 51.1 Å². The monoisotopic (exact) mass is 430 g/mol. The quantitative estimate of drug-likeness (QED) is 0.152. The van der Waals surface area contributed by atoms with Crippen molar-refractivity contribution in [3.05, 3.63) is 35.9 Å². The second-order valence-electron chi connectivity index (χ2n) is 9.85. The van der Waals surface area contributed by atoms with E-state index in [9.17, 15) is 4.79 Å². The Morgan fingerprint density at radius 2 is 1.29 bits per heavy atom. The molecule has 1 aromatic rings. The minimum Gasteiger partial charge on any atom is -0.465 e. The molecule has 1 aromatic carbocycles. The Balaban J connectivity index is 2.26. The fourth-order valence-corrected chi connectivity index (χ4v) is 4.33. The van der Waals surface area contributed by atoms with Crippen LogP contribution in [0.25, 0.3) is 0 Å². The van der Waals surface area contributed by atoms with Crippen molar-refractivity contribution in [3.63, 3.8) is 0 Å². The zero-order valence-corrected chi connectivity index (χ0v) is 20.9. The van der Waals surface area contributed by atoms with Gasteiger partial charge in [-0.15, -0.1) is 0 Å². The highest BCUT2D eigenvalue weighted by Gasteiger charge is 2.25. The molecule has 0 fully saturated rings. The van der Waals surface area contributed by atoms with Gasteiger partial charge in [0.25, 0.3) is 0 Å². The van der Waals surface area contributed by atoms with Gasteiger partial charge in [-0.1, -0.05) is 122 Å². The molecule has 0 aliphatic rings. The number of carbonyl (C=O) groups excluding carboxylic acids is 1. The second-order valence-corrected chi connectivity index (χ2v) is 9.85. The molecule has 0 aliphatic heterocycles. The molecule has 0 aliphatic carbocycles. The summed E-state index contributed by atoms with van der Waals surface area (Å²) < 4.78 is 5.79. The van der Waals surface area contributed by atoms with Crippen molar-refractivity contribution in [2.75, 3.05) is 6.61 Å². The number of ether oxygens (including phenoxy) is 1. The van der Waals surface area contributed by atoms with Crippen LogP contribution in [0, 0.1) is 5.41 Å². The summed E-state index contributed by atoms with van der Waals surface area (Å²) in [6.07, 6.45) is 20.3. The fourth-order valence-electron chi connectivity index (χ4n) is 4.33. The van der Waals surface area contributed by atoms with Crippen LogP contribution in [0.4, 0.5) is 0 Å². The van der Waals surface area contributed by atoms with Crippen LogP contribution in [0.2, 0.25) is 0 Å². The van der Waals surface area contributed by atoms with E-state index in [1.165, 1.54) is 82.6 Å². The first-order chi connectivity index (χ1) is 15.1. The van der Waals surface area contributed by atoms with Crippen molar-refractivity contribution in [3.8, 4) is 0 Å². The summed E-state index contributed by atoms with van der Waals surface area (Å²) in [5.41, 5.74) is 1.54. The van der Waals surface area contributed by atoms with Crippen LogP contribution in [0.1, 0.15) is 129 Å². The summed E-state index contributed by atoms with van der Waals surface area (Å²) in [6, 6.07) is 10.6. The minimum absolute atomic E-state index is 0.00226. The fraction of sp³-hybridized carbons (Fsp3) is 0.759. The highest BCUT2D eigenvalue weighted by Crippen LogP contribution is 2.32. The topological polar surface area (TPSA) is 26.3 Å². The summed E-state index contributed by atoms with van der Waals surface area (Å²) in [7, 11) is 0. The van der Waals surface area contributed by atoms with Crippen LogP contribution in [-0.2, 0) is 16.0 Å². The van der Waals surface area contributed by atoms with Gasteiger partial charge in [0.1, 0.15) is 0 Å². The highest BCUT2D eigenvalue weighted by molar-refractivity contribution is 5.69. The molecule has 1 rings (SSSR count). The van der Waals surface area contributed by atoms with Crippen LogP contribution >= 0.6 is 0 Å². The van der Waals surface area contributed by atoms with Gasteiger partial charge in [-0.05, 0) is 37.7 Å². The smallest absolute Gasteiger partial charge is 0.305 e.